The summed E-state index contributed by atoms with van der Waals surface area (Å²) in [7, 11) is 0. The monoisotopic (exact) mass is 463 g/mol. The van der Waals surface area contributed by atoms with Gasteiger partial charge in [0.2, 0.25) is 0 Å². The minimum Gasteiger partial charge on any atom is -0.335 e. The molecule has 0 saturated carbocycles. The third kappa shape index (κ3) is 4.46. The number of hydrogen-bond acceptors (Lipinski definition) is 3. The molecule has 1 aliphatic heterocycles. The molecule has 1 amide bonds. The Hall–Kier alpha value is -2.60. The number of rotatable bonds is 6. The Morgan fingerprint density at radius 1 is 0.938 bits per heavy atom. The molecule has 3 heterocycles. The Morgan fingerprint density at radius 2 is 1.69 bits per heavy atom. The molecule has 1 aliphatic rings. The number of amides is 1. The van der Waals surface area contributed by atoms with Gasteiger partial charge in [0.1, 0.15) is 5.69 Å². The van der Waals surface area contributed by atoms with Gasteiger partial charge >= 0.3 is 0 Å². The number of aromatic nitrogens is 1. The van der Waals surface area contributed by atoms with E-state index in [0.717, 1.165) is 67.5 Å². The minimum absolute atomic E-state index is 0.138. The summed E-state index contributed by atoms with van der Waals surface area (Å²) in [5.41, 5.74) is 4.40. The van der Waals surface area contributed by atoms with Crippen molar-refractivity contribution < 1.29 is 4.79 Å². The fourth-order valence-corrected chi connectivity index (χ4v) is 5.44. The van der Waals surface area contributed by atoms with Gasteiger partial charge in [-0.1, -0.05) is 60.1 Å². The highest BCUT2D eigenvalue weighted by molar-refractivity contribution is 7.17. The van der Waals surface area contributed by atoms with Crippen LogP contribution in [0.5, 0.6) is 0 Å². The van der Waals surface area contributed by atoms with Crippen LogP contribution in [0.2, 0.25) is 5.02 Å². The van der Waals surface area contributed by atoms with Gasteiger partial charge in [-0.3, -0.25) is 9.69 Å². The molecular weight excluding hydrogens is 438 g/mol. The molecule has 0 spiro atoms. The number of fused-ring (bicyclic) bond motifs is 1. The third-order valence-corrected chi connectivity index (χ3v) is 7.44. The fourth-order valence-electron chi connectivity index (χ4n) is 4.42. The van der Waals surface area contributed by atoms with Gasteiger partial charge in [0.05, 0.1) is 10.2 Å². The average Bonchev–Trinajstić information content (AvgIpc) is 3.42. The zero-order valence-corrected chi connectivity index (χ0v) is 19.5. The first kappa shape index (κ1) is 21.3. The summed E-state index contributed by atoms with van der Waals surface area (Å²) >= 11 is 8.03. The van der Waals surface area contributed by atoms with Gasteiger partial charge in [0.15, 0.2) is 0 Å². The molecule has 4 nitrogen and oxygen atoms in total. The standard InChI is InChI=1S/C26H26ClN3OS/c27-22-9-5-4-8-21(22)19-28-13-15-29(16-14-28)26(31)24-18-25-23(11-17-32-25)30(24)12-10-20-6-2-1-3-7-20/h1-9,11,17-18H,10,12-16,19H2. The van der Waals surface area contributed by atoms with Crippen molar-refractivity contribution in [2.75, 3.05) is 26.2 Å². The summed E-state index contributed by atoms with van der Waals surface area (Å²) in [6.07, 6.45) is 0.909. The van der Waals surface area contributed by atoms with Crippen LogP contribution in [0.15, 0.2) is 72.1 Å². The highest BCUT2D eigenvalue weighted by atomic mass is 35.5. The lowest BCUT2D eigenvalue weighted by molar-refractivity contribution is 0.0618. The van der Waals surface area contributed by atoms with Gasteiger partial charge in [-0.05, 0) is 41.1 Å². The normalized spacial score (nSPS) is 14.8. The summed E-state index contributed by atoms with van der Waals surface area (Å²) in [6.45, 7) is 4.82. The number of thiophene rings is 1. The van der Waals surface area contributed by atoms with Crippen LogP contribution in [0.4, 0.5) is 0 Å². The van der Waals surface area contributed by atoms with Crippen LogP contribution in [-0.2, 0) is 19.5 Å². The SMILES string of the molecule is O=C(c1cc2sccc2n1CCc1ccccc1)N1CCN(Cc2ccccc2Cl)CC1. The highest BCUT2D eigenvalue weighted by Crippen LogP contribution is 2.27. The van der Waals surface area contributed by atoms with Crippen molar-refractivity contribution in [1.29, 1.82) is 0 Å². The van der Waals surface area contributed by atoms with Crippen molar-refractivity contribution in [2.45, 2.75) is 19.5 Å². The van der Waals surface area contributed by atoms with Crippen LogP contribution >= 0.6 is 22.9 Å². The molecule has 0 atom stereocenters. The molecule has 164 valence electrons. The quantitative estimate of drug-likeness (QED) is 0.374. The van der Waals surface area contributed by atoms with E-state index >= 15 is 0 Å². The van der Waals surface area contributed by atoms with E-state index in [-0.39, 0.29) is 5.91 Å². The lowest BCUT2D eigenvalue weighted by Crippen LogP contribution is -2.48. The molecular formula is C26H26ClN3OS. The molecule has 1 saturated heterocycles. The number of aryl methyl sites for hydroxylation is 2. The van der Waals surface area contributed by atoms with Gasteiger partial charge in [0, 0.05) is 44.3 Å². The molecule has 5 rings (SSSR count). The van der Waals surface area contributed by atoms with Crippen LogP contribution < -0.4 is 0 Å². The number of halogens is 1. The van der Waals surface area contributed by atoms with E-state index in [1.165, 1.54) is 10.3 Å². The Morgan fingerprint density at radius 3 is 2.47 bits per heavy atom. The number of hydrogen-bond donors (Lipinski definition) is 0. The smallest absolute Gasteiger partial charge is 0.270 e. The Balaban J connectivity index is 1.28. The van der Waals surface area contributed by atoms with Crippen LogP contribution in [0, 0.1) is 0 Å². The van der Waals surface area contributed by atoms with Crippen LogP contribution in [0.1, 0.15) is 21.6 Å². The van der Waals surface area contributed by atoms with E-state index in [1.807, 2.05) is 29.2 Å². The van der Waals surface area contributed by atoms with Crippen molar-refractivity contribution in [2.24, 2.45) is 0 Å². The summed E-state index contributed by atoms with van der Waals surface area (Å²) in [6, 6.07) is 22.7. The van der Waals surface area contributed by atoms with E-state index in [2.05, 4.69) is 57.3 Å². The van der Waals surface area contributed by atoms with Crippen molar-refractivity contribution in [3.63, 3.8) is 0 Å². The average molecular weight is 464 g/mol. The summed E-state index contributed by atoms with van der Waals surface area (Å²) in [5.74, 6) is 0.138. The van der Waals surface area contributed by atoms with Gasteiger partial charge < -0.3 is 9.47 Å². The van der Waals surface area contributed by atoms with Crippen LogP contribution in [0.25, 0.3) is 10.2 Å². The predicted molar refractivity (Wildman–Crippen MR) is 133 cm³/mol. The molecule has 0 bridgehead atoms. The maximum Gasteiger partial charge on any atom is 0.270 e. The van der Waals surface area contributed by atoms with Crippen molar-refractivity contribution in [3.8, 4) is 0 Å². The third-order valence-electron chi connectivity index (χ3n) is 6.22. The summed E-state index contributed by atoms with van der Waals surface area (Å²) in [5, 5.41) is 2.91. The molecule has 0 radical (unpaired) electrons. The molecule has 0 unspecified atom stereocenters. The molecule has 1 fully saturated rings. The maximum absolute atomic E-state index is 13.5. The number of benzene rings is 2. The Bertz CT molecular complexity index is 1210. The van der Waals surface area contributed by atoms with Crippen molar-refractivity contribution >= 4 is 39.1 Å². The van der Waals surface area contributed by atoms with Gasteiger partial charge in [-0.25, -0.2) is 0 Å². The molecule has 0 N–H and O–H groups in total. The summed E-state index contributed by atoms with van der Waals surface area (Å²) in [4.78, 5) is 17.9. The topological polar surface area (TPSA) is 28.5 Å². The zero-order valence-electron chi connectivity index (χ0n) is 17.9. The first-order valence-corrected chi connectivity index (χ1v) is 12.3. The maximum atomic E-state index is 13.5. The number of piperazine rings is 1. The largest absolute Gasteiger partial charge is 0.335 e. The molecule has 0 aliphatic carbocycles. The van der Waals surface area contributed by atoms with Crippen molar-refractivity contribution in [1.82, 2.24) is 14.4 Å². The zero-order chi connectivity index (χ0) is 21.9. The molecule has 6 heteroatoms. The number of carbonyl (C=O) groups excluding carboxylic acids is 1. The van der Waals surface area contributed by atoms with E-state index in [9.17, 15) is 4.79 Å². The lowest BCUT2D eigenvalue weighted by Gasteiger charge is -2.35. The molecule has 2 aromatic heterocycles. The highest BCUT2D eigenvalue weighted by Gasteiger charge is 2.26. The second-order valence-corrected chi connectivity index (χ2v) is 9.60. The molecule has 32 heavy (non-hydrogen) atoms. The minimum atomic E-state index is 0.138. The van der Waals surface area contributed by atoms with Crippen LogP contribution in [-0.4, -0.2) is 46.5 Å². The van der Waals surface area contributed by atoms with Gasteiger partial charge in [-0.2, -0.15) is 0 Å². The molecule has 2 aromatic carbocycles. The second-order valence-electron chi connectivity index (χ2n) is 8.25. The van der Waals surface area contributed by atoms with E-state index in [1.54, 1.807) is 11.3 Å². The molecule has 4 aromatic rings. The number of carbonyl (C=O) groups is 1. The first-order valence-electron chi connectivity index (χ1n) is 11.0. The van der Waals surface area contributed by atoms with E-state index in [0.29, 0.717) is 0 Å². The van der Waals surface area contributed by atoms with Gasteiger partial charge in [0.25, 0.3) is 5.91 Å². The predicted octanol–water partition coefficient (Wildman–Crippen LogP) is 5.56. The van der Waals surface area contributed by atoms with Crippen LogP contribution in [0.3, 0.4) is 0 Å². The number of nitrogens with zero attached hydrogens (tertiary/aromatic N) is 3. The Kier molecular flexibility index (Phi) is 6.30. The van der Waals surface area contributed by atoms with Gasteiger partial charge in [-0.15, -0.1) is 11.3 Å². The first-order chi connectivity index (χ1) is 15.7. The lowest BCUT2D eigenvalue weighted by atomic mass is 10.1. The second kappa shape index (κ2) is 9.49. The van der Waals surface area contributed by atoms with E-state index < -0.39 is 0 Å². The van der Waals surface area contributed by atoms with E-state index in [4.69, 9.17) is 11.6 Å². The summed E-state index contributed by atoms with van der Waals surface area (Å²) < 4.78 is 3.39. The van der Waals surface area contributed by atoms with Crippen molar-refractivity contribution in [3.05, 3.63) is 94.0 Å². The Labute approximate surface area is 197 Å². The fraction of sp³-hybridized carbons (Fsp3) is 0.269.